The average Bonchev–Trinajstić information content (AvgIpc) is 3.40. The van der Waals surface area contributed by atoms with E-state index < -0.39 is 12.1 Å². The van der Waals surface area contributed by atoms with Gasteiger partial charge in [0.2, 0.25) is 5.91 Å². The third-order valence-corrected chi connectivity index (χ3v) is 15.4. The smallest absolute Gasteiger partial charge is 0.305 e. The van der Waals surface area contributed by atoms with Crippen LogP contribution in [-0.2, 0) is 14.3 Å². The fourth-order valence-corrected chi connectivity index (χ4v) is 10.3. The van der Waals surface area contributed by atoms with Gasteiger partial charge < -0.3 is 20.3 Å². The van der Waals surface area contributed by atoms with Crippen LogP contribution in [0.2, 0.25) is 0 Å². The highest BCUT2D eigenvalue weighted by Crippen LogP contribution is 2.18. The van der Waals surface area contributed by atoms with Gasteiger partial charge in [-0.3, -0.25) is 9.59 Å². The van der Waals surface area contributed by atoms with Crippen molar-refractivity contribution in [3.63, 3.8) is 0 Å². The number of hydrogen-bond donors (Lipinski definition) is 3. The van der Waals surface area contributed by atoms with Gasteiger partial charge in [-0.2, -0.15) is 0 Å². The van der Waals surface area contributed by atoms with Gasteiger partial charge in [0.25, 0.3) is 0 Å². The van der Waals surface area contributed by atoms with E-state index in [1.54, 1.807) is 0 Å². The van der Waals surface area contributed by atoms with Gasteiger partial charge in [-0.15, -0.1) is 0 Å². The Morgan fingerprint density at radius 3 is 1.07 bits per heavy atom. The van der Waals surface area contributed by atoms with Crippen LogP contribution in [0.3, 0.4) is 0 Å². The number of carbonyl (C=O) groups is 2. The molecule has 436 valence electrons. The summed E-state index contributed by atoms with van der Waals surface area (Å²) >= 11 is 0. The second kappa shape index (κ2) is 63.6. The lowest BCUT2D eigenvalue weighted by molar-refractivity contribution is -0.143. The van der Waals surface area contributed by atoms with Crippen LogP contribution in [0.25, 0.3) is 0 Å². The number of allylic oxidation sites excluding steroid dienone is 6. The van der Waals surface area contributed by atoms with E-state index in [1.165, 1.54) is 257 Å². The number of aliphatic hydroxyl groups excluding tert-OH is 2. The van der Waals surface area contributed by atoms with Crippen LogP contribution in [0.1, 0.15) is 361 Å². The van der Waals surface area contributed by atoms with E-state index in [2.05, 4.69) is 55.6 Å². The van der Waals surface area contributed by atoms with Gasteiger partial charge in [-0.25, -0.2) is 0 Å². The Morgan fingerprint density at radius 1 is 0.378 bits per heavy atom. The number of esters is 1. The minimum absolute atomic E-state index is 0.00584. The van der Waals surface area contributed by atoms with Gasteiger partial charge in [0.1, 0.15) is 0 Å². The van der Waals surface area contributed by atoms with E-state index >= 15 is 0 Å². The first kappa shape index (κ1) is 72.1. The molecule has 0 saturated heterocycles. The Hall–Kier alpha value is -1.92. The normalized spacial score (nSPS) is 12.8. The fourth-order valence-electron chi connectivity index (χ4n) is 10.3. The molecule has 6 nitrogen and oxygen atoms in total. The molecule has 6 heteroatoms. The average molecular weight is 1040 g/mol. The van der Waals surface area contributed by atoms with E-state index in [0.29, 0.717) is 25.9 Å². The van der Waals surface area contributed by atoms with Crippen molar-refractivity contribution in [2.45, 2.75) is 373 Å². The molecule has 0 bridgehead atoms. The number of unbranched alkanes of at least 4 members (excludes halogenated alkanes) is 45. The van der Waals surface area contributed by atoms with Gasteiger partial charge >= 0.3 is 5.97 Å². The fraction of sp³-hybridized carbons (Fsp3) is 0.882. The largest absolute Gasteiger partial charge is 0.466 e. The molecule has 0 heterocycles. The van der Waals surface area contributed by atoms with Crippen LogP contribution in [0.15, 0.2) is 36.5 Å². The molecule has 74 heavy (non-hydrogen) atoms. The number of hydrogen-bond acceptors (Lipinski definition) is 5. The zero-order valence-corrected chi connectivity index (χ0v) is 49.8. The number of amides is 1. The maximum atomic E-state index is 12.5. The summed E-state index contributed by atoms with van der Waals surface area (Å²) in [6.45, 7) is 4.93. The molecule has 0 aliphatic carbocycles. The third-order valence-electron chi connectivity index (χ3n) is 15.4. The molecule has 0 aliphatic heterocycles. The summed E-state index contributed by atoms with van der Waals surface area (Å²) in [4.78, 5) is 24.6. The monoisotopic (exact) mass is 1040 g/mol. The molecule has 2 atom stereocenters. The minimum Gasteiger partial charge on any atom is -0.466 e. The molecule has 1 amide bonds. The molecule has 0 aromatic carbocycles. The van der Waals surface area contributed by atoms with Crippen molar-refractivity contribution >= 4 is 11.9 Å². The second-order valence-corrected chi connectivity index (χ2v) is 22.8. The maximum absolute atomic E-state index is 12.5. The van der Waals surface area contributed by atoms with Crippen LogP contribution in [0.5, 0.6) is 0 Å². The predicted molar refractivity (Wildman–Crippen MR) is 324 cm³/mol. The molecular formula is C68H129NO5. The highest BCUT2D eigenvalue weighted by molar-refractivity contribution is 5.76. The number of nitrogens with one attached hydrogen (secondary N) is 1. The Kier molecular flexibility index (Phi) is 62.0. The maximum Gasteiger partial charge on any atom is 0.305 e. The third kappa shape index (κ3) is 59.3. The van der Waals surface area contributed by atoms with Crippen molar-refractivity contribution in [2.24, 2.45) is 0 Å². The molecule has 0 spiro atoms. The molecule has 0 aliphatic rings. The van der Waals surface area contributed by atoms with Gasteiger partial charge in [-0.05, 0) is 83.5 Å². The standard InChI is InChI=1S/C68H129NO5/c1-3-5-7-9-11-13-15-17-19-21-23-24-25-27-28-32-36-40-44-48-52-56-60-66(71)65(64-70)69-67(72)61-57-53-49-45-41-37-33-30-31-35-39-43-47-51-55-59-63-74-68(73)62-58-54-50-46-42-38-34-29-26-22-20-18-16-14-12-10-8-6-4-2/h12,14,18,20,30,33,65-66,70-71H,3-11,13,15-17,19,21-29,31-32,34-64H2,1-2H3,(H,69,72)/b14-12-,20-18-,33-30-. The molecule has 0 rings (SSSR count). The first-order chi connectivity index (χ1) is 36.5. The summed E-state index contributed by atoms with van der Waals surface area (Å²) in [5, 5.41) is 23.4. The van der Waals surface area contributed by atoms with E-state index in [1.807, 2.05) is 0 Å². The Morgan fingerprint density at radius 2 is 0.676 bits per heavy atom. The lowest BCUT2D eigenvalue weighted by Gasteiger charge is -2.22. The molecule has 3 N–H and O–H groups in total. The quantitative estimate of drug-likeness (QED) is 0.0320. The molecule has 0 fully saturated rings. The number of aliphatic hydroxyl groups is 2. The summed E-state index contributed by atoms with van der Waals surface area (Å²) in [5.74, 6) is -0.0547. The van der Waals surface area contributed by atoms with E-state index in [4.69, 9.17) is 4.74 Å². The summed E-state index contributed by atoms with van der Waals surface area (Å²) in [7, 11) is 0. The molecular weight excluding hydrogens is 911 g/mol. The van der Waals surface area contributed by atoms with Gasteiger partial charge in [0, 0.05) is 12.8 Å². The van der Waals surface area contributed by atoms with Crippen LogP contribution in [0, 0.1) is 0 Å². The first-order valence-electron chi connectivity index (χ1n) is 33.2. The predicted octanol–water partition coefficient (Wildman–Crippen LogP) is 21.1. The van der Waals surface area contributed by atoms with Crippen molar-refractivity contribution in [3.05, 3.63) is 36.5 Å². The highest BCUT2D eigenvalue weighted by Gasteiger charge is 2.20. The highest BCUT2D eigenvalue weighted by atomic mass is 16.5. The second-order valence-electron chi connectivity index (χ2n) is 22.8. The molecule has 0 aromatic rings. The van der Waals surface area contributed by atoms with Crippen molar-refractivity contribution in [2.75, 3.05) is 13.2 Å². The number of ether oxygens (including phenoxy) is 1. The minimum atomic E-state index is -0.677. The van der Waals surface area contributed by atoms with Gasteiger partial charge in [-0.1, -0.05) is 301 Å². The first-order valence-corrected chi connectivity index (χ1v) is 33.2. The lowest BCUT2D eigenvalue weighted by atomic mass is 10.0. The summed E-state index contributed by atoms with van der Waals surface area (Å²) < 4.78 is 5.49. The van der Waals surface area contributed by atoms with Crippen molar-refractivity contribution in [1.29, 1.82) is 0 Å². The Bertz CT molecular complexity index is 1200. The lowest BCUT2D eigenvalue weighted by Crippen LogP contribution is -2.45. The van der Waals surface area contributed by atoms with E-state index in [-0.39, 0.29) is 18.5 Å². The Labute approximate surface area is 462 Å². The van der Waals surface area contributed by atoms with E-state index in [0.717, 1.165) is 70.6 Å². The van der Waals surface area contributed by atoms with Crippen LogP contribution < -0.4 is 5.32 Å². The zero-order valence-electron chi connectivity index (χ0n) is 49.8. The SMILES string of the molecule is CCCCC/C=C\C/C=C\CCCCCCCCCCCC(=O)OCCCCCCCCC/C=C\CCCCCCCC(=O)NC(CO)C(O)CCCCCCCCCCCCCCCCCCCCCCCC. The zero-order chi connectivity index (χ0) is 53.6. The van der Waals surface area contributed by atoms with Crippen molar-refractivity contribution < 1.29 is 24.5 Å². The number of carbonyl (C=O) groups excluding carboxylic acids is 2. The van der Waals surface area contributed by atoms with E-state index in [9.17, 15) is 19.8 Å². The van der Waals surface area contributed by atoms with Crippen LogP contribution in [0.4, 0.5) is 0 Å². The van der Waals surface area contributed by atoms with Crippen molar-refractivity contribution in [1.82, 2.24) is 5.32 Å². The molecule has 0 radical (unpaired) electrons. The van der Waals surface area contributed by atoms with Crippen LogP contribution in [-0.4, -0.2) is 47.4 Å². The molecule has 0 saturated carbocycles. The molecule has 0 aromatic heterocycles. The summed E-state index contributed by atoms with van der Waals surface area (Å²) in [6.07, 6.45) is 80.2. The van der Waals surface area contributed by atoms with Gasteiger partial charge in [0.15, 0.2) is 0 Å². The topological polar surface area (TPSA) is 95.9 Å². The summed E-state index contributed by atoms with van der Waals surface area (Å²) in [6, 6.07) is -0.556. The van der Waals surface area contributed by atoms with Gasteiger partial charge in [0.05, 0.1) is 25.4 Å². The molecule has 2 unspecified atom stereocenters. The number of rotatable bonds is 62. The van der Waals surface area contributed by atoms with Crippen molar-refractivity contribution in [3.8, 4) is 0 Å². The summed E-state index contributed by atoms with van der Waals surface area (Å²) in [5.41, 5.74) is 0. The Balaban J connectivity index is 3.45. The van der Waals surface area contributed by atoms with Crippen LogP contribution >= 0.6 is 0 Å².